The summed E-state index contributed by atoms with van der Waals surface area (Å²) in [5, 5.41) is 2.17. The van der Waals surface area contributed by atoms with Gasteiger partial charge in [0, 0.05) is 17.7 Å². The Labute approximate surface area is 132 Å². The van der Waals surface area contributed by atoms with E-state index < -0.39 is 23.2 Å². The first-order valence-electron chi connectivity index (χ1n) is 6.70. The number of amides is 1. The molecule has 0 aromatic heterocycles. The maximum Gasteiger partial charge on any atom is 0.248 e. The Bertz CT molecular complexity index is 724. The first kappa shape index (κ1) is 16.5. The first-order chi connectivity index (χ1) is 11.0. The molecule has 0 aliphatic carbocycles. The van der Waals surface area contributed by atoms with Crippen LogP contribution in [0.2, 0.25) is 0 Å². The number of anilines is 1. The van der Waals surface area contributed by atoms with Gasteiger partial charge in [-0.2, -0.15) is 0 Å². The third-order valence-corrected chi connectivity index (χ3v) is 3.07. The molecular weight excluding hydrogens is 304 g/mol. The van der Waals surface area contributed by atoms with E-state index in [1.165, 1.54) is 26.4 Å². The van der Waals surface area contributed by atoms with Crippen LogP contribution in [-0.2, 0) is 4.79 Å². The number of halogens is 2. The number of benzene rings is 2. The lowest BCUT2D eigenvalue weighted by Gasteiger charge is -2.07. The summed E-state index contributed by atoms with van der Waals surface area (Å²) in [6, 6.07) is 8.41. The number of hydrogen-bond donors (Lipinski definition) is 1. The number of hydrogen-bond acceptors (Lipinski definition) is 3. The molecule has 0 aliphatic heterocycles. The zero-order chi connectivity index (χ0) is 16.8. The van der Waals surface area contributed by atoms with Crippen LogP contribution < -0.4 is 14.8 Å². The third kappa shape index (κ3) is 4.06. The van der Waals surface area contributed by atoms with Gasteiger partial charge in [0.15, 0.2) is 0 Å². The van der Waals surface area contributed by atoms with Crippen molar-refractivity contribution < 1.29 is 23.0 Å². The normalized spacial score (nSPS) is 10.6. The van der Waals surface area contributed by atoms with Crippen LogP contribution in [0.4, 0.5) is 14.5 Å². The summed E-state index contributed by atoms with van der Waals surface area (Å²) < 4.78 is 37.2. The minimum absolute atomic E-state index is 0.483. The maximum atomic E-state index is 13.5. The Kier molecular flexibility index (Phi) is 5.30. The van der Waals surface area contributed by atoms with Gasteiger partial charge in [-0.3, -0.25) is 4.79 Å². The number of carbonyl (C=O) groups is 1. The van der Waals surface area contributed by atoms with Gasteiger partial charge in [0.1, 0.15) is 28.8 Å². The number of carbonyl (C=O) groups excluding carboxylic acids is 1. The van der Waals surface area contributed by atoms with Gasteiger partial charge in [-0.1, -0.05) is 6.07 Å². The van der Waals surface area contributed by atoms with Crippen molar-refractivity contribution in [3.63, 3.8) is 0 Å². The van der Waals surface area contributed by atoms with E-state index >= 15 is 0 Å². The lowest BCUT2D eigenvalue weighted by molar-refractivity contribution is -0.111. The summed E-state index contributed by atoms with van der Waals surface area (Å²) in [5.74, 6) is -1.23. The van der Waals surface area contributed by atoms with E-state index in [1.807, 2.05) is 0 Å². The molecule has 0 heterocycles. The predicted octanol–water partition coefficient (Wildman–Crippen LogP) is 3.63. The summed E-state index contributed by atoms with van der Waals surface area (Å²) in [5.41, 5.74) is 0.140. The Morgan fingerprint density at radius 3 is 2.39 bits per heavy atom. The fourth-order valence-corrected chi connectivity index (χ4v) is 1.90. The summed E-state index contributed by atoms with van der Waals surface area (Å²) in [6.45, 7) is 0. The molecule has 0 spiro atoms. The zero-order valence-corrected chi connectivity index (χ0v) is 12.6. The Hall–Kier alpha value is -2.89. The molecule has 1 amide bonds. The summed E-state index contributed by atoms with van der Waals surface area (Å²) in [6.07, 6.45) is 2.64. The highest BCUT2D eigenvalue weighted by atomic mass is 19.1. The monoisotopic (exact) mass is 319 g/mol. The molecule has 6 heteroatoms. The minimum Gasteiger partial charge on any atom is -0.497 e. The Morgan fingerprint density at radius 1 is 1.09 bits per heavy atom. The van der Waals surface area contributed by atoms with E-state index in [0.29, 0.717) is 17.1 Å². The molecule has 0 radical (unpaired) electrons. The fraction of sp³-hybridized carbons (Fsp3) is 0.118. The van der Waals surface area contributed by atoms with Crippen LogP contribution in [0.3, 0.4) is 0 Å². The molecule has 2 aromatic rings. The van der Waals surface area contributed by atoms with E-state index in [0.717, 1.165) is 18.2 Å². The molecule has 23 heavy (non-hydrogen) atoms. The molecule has 0 fully saturated rings. The molecule has 4 nitrogen and oxygen atoms in total. The Balaban J connectivity index is 2.15. The standard InChI is InChI=1S/C17H15F2NO3/c1-22-12-8-6-11(15(10-12)23-2)7-9-16(21)20-17-13(18)4-3-5-14(17)19/h3-10H,1-2H3,(H,20,21)/b9-7+. The lowest BCUT2D eigenvalue weighted by Crippen LogP contribution is -2.10. The predicted molar refractivity (Wildman–Crippen MR) is 83.6 cm³/mol. The van der Waals surface area contributed by atoms with Crippen molar-refractivity contribution in [3.8, 4) is 11.5 Å². The van der Waals surface area contributed by atoms with E-state index in [1.54, 1.807) is 18.2 Å². The van der Waals surface area contributed by atoms with Crippen molar-refractivity contribution in [3.05, 3.63) is 59.7 Å². The molecule has 1 N–H and O–H groups in total. The van der Waals surface area contributed by atoms with Gasteiger partial charge < -0.3 is 14.8 Å². The maximum absolute atomic E-state index is 13.5. The molecule has 0 unspecified atom stereocenters. The largest absolute Gasteiger partial charge is 0.497 e. The highest BCUT2D eigenvalue weighted by Gasteiger charge is 2.10. The van der Waals surface area contributed by atoms with Gasteiger partial charge in [0.25, 0.3) is 0 Å². The topological polar surface area (TPSA) is 47.6 Å². The van der Waals surface area contributed by atoms with E-state index in [4.69, 9.17) is 9.47 Å². The van der Waals surface area contributed by atoms with Crippen LogP contribution in [0.5, 0.6) is 11.5 Å². The van der Waals surface area contributed by atoms with Crippen molar-refractivity contribution in [2.24, 2.45) is 0 Å². The number of methoxy groups -OCH3 is 2. The summed E-state index contributed by atoms with van der Waals surface area (Å²) >= 11 is 0. The van der Waals surface area contributed by atoms with Crippen LogP contribution in [-0.4, -0.2) is 20.1 Å². The van der Waals surface area contributed by atoms with Crippen LogP contribution in [0, 0.1) is 11.6 Å². The van der Waals surface area contributed by atoms with Gasteiger partial charge >= 0.3 is 0 Å². The lowest BCUT2D eigenvalue weighted by atomic mass is 10.1. The highest BCUT2D eigenvalue weighted by Crippen LogP contribution is 2.25. The molecular formula is C17H15F2NO3. The van der Waals surface area contributed by atoms with Crippen molar-refractivity contribution in [2.75, 3.05) is 19.5 Å². The average molecular weight is 319 g/mol. The number of rotatable bonds is 5. The molecule has 2 aromatic carbocycles. The van der Waals surface area contributed by atoms with Crippen LogP contribution in [0.1, 0.15) is 5.56 Å². The van der Waals surface area contributed by atoms with Crippen molar-refractivity contribution >= 4 is 17.7 Å². The molecule has 0 aliphatic rings. The van der Waals surface area contributed by atoms with Gasteiger partial charge in [0.05, 0.1) is 14.2 Å². The number of ether oxygens (including phenoxy) is 2. The van der Waals surface area contributed by atoms with Crippen molar-refractivity contribution in [1.29, 1.82) is 0 Å². The van der Waals surface area contributed by atoms with Gasteiger partial charge in [-0.25, -0.2) is 8.78 Å². The smallest absolute Gasteiger partial charge is 0.248 e. The van der Waals surface area contributed by atoms with Crippen molar-refractivity contribution in [2.45, 2.75) is 0 Å². The van der Waals surface area contributed by atoms with Crippen LogP contribution in [0.15, 0.2) is 42.5 Å². The van der Waals surface area contributed by atoms with E-state index in [-0.39, 0.29) is 0 Å². The van der Waals surface area contributed by atoms with E-state index in [2.05, 4.69) is 5.32 Å². The van der Waals surface area contributed by atoms with Gasteiger partial charge in [-0.15, -0.1) is 0 Å². The quantitative estimate of drug-likeness (QED) is 0.856. The zero-order valence-electron chi connectivity index (χ0n) is 12.6. The van der Waals surface area contributed by atoms with Gasteiger partial charge in [0.2, 0.25) is 5.91 Å². The van der Waals surface area contributed by atoms with Crippen LogP contribution in [0.25, 0.3) is 6.08 Å². The summed E-state index contributed by atoms with van der Waals surface area (Å²) in [4.78, 5) is 11.8. The molecule has 0 atom stereocenters. The molecule has 0 saturated heterocycles. The second-order valence-electron chi connectivity index (χ2n) is 4.53. The average Bonchev–Trinajstić information content (AvgIpc) is 2.56. The number of nitrogens with one attached hydrogen (secondary N) is 1. The van der Waals surface area contributed by atoms with E-state index in [9.17, 15) is 13.6 Å². The first-order valence-corrected chi connectivity index (χ1v) is 6.70. The molecule has 120 valence electrons. The van der Waals surface area contributed by atoms with Gasteiger partial charge in [-0.05, 0) is 30.3 Å². The highest BCUT2D eigenvalue weighted by molar-refractivity contribution is 6.02. The minimum atomic E-state index is -0.839. The Morgan fingerprint density at radius 2 is 1.78 bits per heavy atom. The molecule has 0 bridgehead atoms. The number of para-hydroxylation sites is 1. The second kappa shape index (κ2) is 7.40. The molecule has 0 saturated carbocycles. The fourth-order valence-electron chi connectivity index (χ4n) is 1.90. The third-order valence-electron chi connectivity index (χ3n) is 3.07. The summed E-state index contributed by atoms with van der Waals surface area (Å²) in [7, 11) is 3.02. The molecule has 2 rings (SSSR count). The van der Waals surface area contributed by atoms with Crippen molar-refractivity contribution in [1.82, 2.24) is 0 Å². The second-order valence-corrected chi connectivity index (χ2v) is 4.53. The van der Waals surface area contributed by atoms with Crippen LogP contribution >= 0.6 is 0 Å². The SMILES string of the molecule is COc1ccc(/C=C/C(=O)Nc2c(F)cccc2F)c(OC)c1.